The summed E-state index contributed by atoms with van der Waals surface area (Å²) in [7, 11) is 0. The Morgan fingerprint density at radius 2 is 1.95 bits per heavy atom. The number of nitriles is 1. The molecule has 0 aromatic heterocycles. The minimum atomic E-state index is -0.686. The van der Waals surface area contributed by atoms with Crippen molar-refractivity contribution < 1.29 is 9.18 Å². The quantitative estimate of drug-likeness (QED) is 0.784. The molecule has 20 heavy (non-hydrogen) atoms. The smallest absolute Gasteiger partial charge is 0.174 e. The minimum Gasteiger partial charge on any atom is -0.293 e. The van der Waals surface area contributed by atoms with Gasteiger partial charge in [0.25, 0.3) is 0 Å². The molecule has 0 aliphatic heterocycles. The Morgan fingerprint density at radius 3 is 2.60 bits per heavy atom. The zero-order valence-electron chi connectivity index (χ0n) is 10.5. The first-order chi connectivity index (χ1) is 9.63. The number of nitrogens with zero attached hydrogens (tertiary/aromatic N) is 1. The molecule has 4 heteroatoms. The van der Waals surface area contributed by atoms with Crippen molar-refractivity contribution in [2.24, 2.45) is 0 Å². The van der Waals surface area contributed by atoms with Crippen molar-refractivity contribution in [3.63, 3.8) is 0 Å². The van der Waals surface area contributed by atoms with Gasteiger partial charge in [-0.3, -0.25) is 4.79 Å². The van der Waals surface area contributed by atoms with Gasteiger partial charge in [0.15, 0.2) is 5.78 Å². The Labute approximate surface area is 121 Å². The Morgan fingerprint density at radius 1 is 1.25 bits per heavy atom. The highest BCUT2D eigenvalue weighted by Crippen LogP contribution is 2.26. The predicted octanol–water partition coefficient (Wildman–Crippen LogP) is 4.36. The number of benzene rings is 2. The SMILES string of the molecule is N#CCC(C(=O)c1cc(Cl)ccc1F)c1ccccc1. The molecule has 2 aromatic carbocycles. The summed E-state index contributed by atoms with van der Waals surface area (Å²) < 4.78 is 13.8. The number of rotatable bonds is 4. The zero-order valence-corrected chi connectivity index (χ0v) is 11.3. The molecule has 0 saturated carbocycles. The molecule has 2 nitrogen and oxygen atoms in total. The molecule has 0 radical (unpaired) electrons. The summed E-state index contributed by atoms with van der Waals surface area (Å²) in [5.74, 6) is -1.75. The summed E-state index contributed by atoms with van der Waals surface area (Å²) >= 11 is 5.80. The van der Waals surface area contributed by atoms with E-state index in [1.807, 2.05) is 12.1 Å². The number of carbonyl (C=O) groups excluding carboxylic acids is 1. The second kappa shape index (κ2) is 6.31. The zero-order chi connectivity index (χ0) is 14.5. The first-order valence-electron chi connectivity index (χ1n) is 6.04. The first-order valence-corrected chi connectivity index (χ1v) is 6.42. The monoisotopic (exact) mass is 287 g/mol. The van der Waals surface area contributed by atoms with Gasteiger partial charge >= 0.3 is 0 Å². The predicted molar refractivity (Wildman–Crippen MR) is 75.2 cm³/mol. The van der Waals surface area contributed by atoms with Crippen LogP contribution in [0.5, 0.6) is 0 Å². The van der Waals surface area contributed by atoms with Crippen LogP contribution in [0.3, 0.4) is 0 Å². The van der Waals surface area contributed by atoms with E-state index < -0.39 is 17.5 Å². The third kappa shape index (κ3) is 3.04. The van der Waals surface area contributed by atoms with Crippen LogP contribution >= 0.6 is 11.6 Å². The fourth-order valence-corrected chi connectivity index (χ4v) is 2.18. The highest BCUT2D eigenvalue weighted by Gasteiger charge is 2.24. The summed E-state index contributed by atoms with van der Waals surface area (Å²) in [6.45, 7) is 0. The van der Waals surface area contributed by atoms with Gasteiger partial charge in [0.1, 0.15) is 5.82 Å². The molecule has 0 spiro atoms. The standard InChI is InChI=1S/C16H11ClFNO/c17-12-6-7-15(18)14(10-12)16(20)13(8-9-19)11-4-2-1-3-5-11/h1-7,10,13H,8H2. The van der Waals surface area contributed by atoms with E-state index in [4.69, 9.17) is 16.9 Å². The molecule has 0 aliphatic carbocycles. The van der Waals surface area contributed by atoms with E-state index in [0.29, 0.717) is 10.6 Å². The van der Waals surface area contributed by atoms with Gasteiger partial charge in [-0.25, -0.2) is 4.39 Å². The van der Waals surface area contributed by atoms with Gasteiger partial charge in [0.05, 0.1) is 17.6 Å². The molecule has 0 aliphatic rings. The van der Waals surface area contributed by atoms with Gasteiger partial charge < -0.3 is 0 Å². The van der Waals surface area contributed by atoms with Crippen molar-refractivity contribution >= 4 is 17.4 Å². The van der Waals surface area contributed by atoms with Gasteiger partial charge in [0.2, 0.25) is 0 Å². The number of ketones is 1. The lowest BCUT2D eigenvalue weighted by Crippen LogP contribution is -2.14. The summed E-state index contributed by atoms with van der Waals surface area (Å²) in [5, 5.41) is 9.19. The van der Waals surface area contributed by atoms with Crippen molar-refractivity contribution in [1.82, 2.24) is 0 Å². The van der Waals surface area contributed by atoms with E-state index in [2.05, 4.69) is 0 Å². The third-order valence-corrected chi connectivity index (χ3v) is 3.24. The number of Topliss-reactive ketones (excluding diaryl/α,β-unsaturated/α-hetero) is 1. The summed E-state index contributed by atoms with van der Waals surface area (Å²) in [6, 6.07) is 14.7. The maximum absolute atomic E-state index is 13.8. The van der Waals surface area contributed by atoms with Crippen LogP contribution in [0.15, 0.2) is 48.5 Å². The lowest BCUT2D eigenvalue weighted by Gasteiger charge is -2.13. The van der Waals surface area contributed by atoms with Gasteiger partial charge in [-0.15, -0.1) is 0 Å². The fourth-order valence-electron chi connectivity index (χ4n) is 2.01. The first kappa shape index (κ1) is 14.2. The third-order valence-electron chi connectivity index (χ3n) is 3.01. The summed E-state index contributed by atoms with van der Waals surface area (Å²) in [4.78, 5) is 12.5. The molecule has 0 N–H and O–H groups in total. The summed E-state index contributed by atoms with van der Waals surface area (Å²) in [5.41, 5.74) is 0.611. The Kier molecular flexibility index (Phi) is 4.49. The number of halogens is 2. The fraction of sp³-hybridized carbons (Fsp3) is 0.125. The molecule has 1 unspecified atom stereocenters. The molecular formula is C16H11ClFNO. The largest absolute Gasteiger partial charge is 0.293 e. The van der Waals surface area contributed by atoms with E-state index in [1.165, 1.54) is 12.1 Å². The second-order valence-electron chi connectivity index (χ2n) is 4.31. The maximum atomic E-state index is 13.8. The van der Waals surface area contributed by atoms with Gasteiger partial charge in [-0.05, 0) is 23.8 Å². The van der Waals surface area contributed by atoms with E-state index in [-0.39, 0.29) is 12.0 Å². The van der Waals surface area contributed by atoms with Crippen LogP contribution < -0.4 is 0 Å². The molecule has 2 rings (SSSR count). The van der Waals surface area contributed by atoms with Gasteiger partial charge in [-0.2, -0.15) is 5.26 Å². The Bertz CT molecular complexity index is 664. The van der Waals surface area contributed by atoms with Gasteiger partial charge in [-0.1, -0.05) is 41.9 Å². The average Bonchev–Trinajstić information content (AvgIpc) is 2.47. The van der Waals surface area contributed by atoms with Crippen molar-refractivity contribution in [2.75, 3.05) is 0 Å². The van der Waals surface area contributed by atoms with E-state index in [1.54, 1.807) is 24.3 Å². The highest BCUT2D eigenvalue weighted by atomic mass is 35.5. The highest BCUT2D eigenvalue weighted by molar-refractivity contribution is 6.31. The molecule has 0 fully saturated rings. The second-order valence-corrected chi connectivity index (χ2v) is 4.75. The molecule has 0 heterocycles. The number of hydrogen-bond acceptors (Lipinski definition) is 2. The molecule has 0 amide bonds. The topological polar surface area (TPSA) is 40.9 Å². The van der Waals surface area contributed by atoms with E-state index in [0.717, 1.165) is 6.07 Å². The van der Waals surface area contributed by atoms with Gasteiger partial charge in [0, 0.05) is 11.4 Å². The van der Waals surface area contributed by atoms with Crippen LogP contribution in [0.2, 0.25) is 5.02 Å². The van der Waals surface area contributed by atoms with Crippen molar-refractivity contribution in [3.8, 4) is 6.07 Å². The number of hydrogen-bond donors (Lipinski definition) is 0. The van der Waals surface area contributed by atoms with Crippen LogP contribution in [0.4, 0.5) is 4.39 Å². The van der Waals surface area contributed by atoms with Crippen LogP contribution in [-0.2, 0) is 0 Å². The lowest BCUT2D eigenvalue weighted by atomic mass is 9.88. The lowest BCUT2D eigenvalue weighted by molar-refractivity contribution is 0.0956. The van der Waals surface area contributed by atoms with Crippen molar-refractivity contribution in [1.29, 1.82) is 5.26 Å². The van der Waals surface area contributed by atoms with E-state index >= 15 is 0 Å². The van der Waals surface area contributed by atoms with Crippen LogP contribution in [0, 0.1) is 17.1 Å². The molecule has 100 valence electrons. The Balaban J connectivity index is 2.42. The number of carbonyl (C=O) groups is 1. The van der Waals surface area contributed by atoms with E-state index in [9.17, 15) is 9.18 Å². The maximum Gasteiger partial charge on any atom is 0.174 e. The summed E-state index contributed by atoms with van der Waals surface area (Å²) in [6.07, 6.45) is -0.00516. The van der Waals surface area contributed by atoms with Crippen LogP contribution in [-0.4, -0.2) is 5.78 Å². The Hall–Kier alpha value is -2.18. The normalized spacial score (nSPS) is 11.7. The molecule has 2 aromatic rings. The molecule has 0 bridgehead atoms. The molecule has 0 saturated heterocycles. The van der Waals surface area contributed by atoms with Crippen LogP contribution in [0.1, 0.15) is 28.3 Å². The van der Waals surface area contributed by atoms with Crippen molar-refractivity contribution in [3.05, 3.63) is 70.5 Å². The molecular weight excluding hydrogens is 277 g/mol. The van der Waals surface area contributed by atoms with Crippen molar-refractivity contribution in [2.45, 2.75) is 12.3 Å². The molecule has 1 atom stereocenters. The average molecular weight is 288 g/mol. The minimum absolute atomic E-state index is 0.00516. The van der Waals surface area contributed by atoms with Crippen LogP contribution in [0.25, 0.3) is 0 Å².